The van der Waals surface area contributed by atoms with Gasteiger partial charge in [-0.15, -0.1) is 5.10 Å². The summed E-state index contributed by atoms with van der Waals surface area (Å²) in [5, 5.41) is 27.0. The highest BCUT2D eigenvalue weighted by Crippen LogP contribution is 2.38. The van der Waals surface area contributed by atoms with Crippen molar-refractivity contribution in [1.82, 2.24) is 24.9 Å². The molecule has 1 atom stereocenters. The number of pyridine rings is 1. The number of aromatic nitrogens is 4. The van der Waals surface area contributed by atoms with Gasteiger partial charge < -0.3 is 10.6 Å². The third-order valence-corrected chi connectivity index (χ3v) is 8.80. The minimum Gasteiger partial charge on any atom is -0.371 e. The monoisotopic (exact) mass is 642 g/mol. The van der Waals surface area contributed by atoms with E-state index in [4.69, 9.17) is 23.2 Å². The number of likely N-dealkylation sites (tertiary alicyclic amines) is 1. The van der Waals surface area contributed by atoms with E-state index in [1.54, 1.807) is 12.1 Å². The number of hydrogen-bond acceptors (Lipinski definition) is 7. The summed E-state index contributed by atoms with van der Waals surface area (Å²) < 4.78 is 15.8. The zero-order valence-electron chi connectivity index (χ0n) is 25.2. The van der Waals surface area contributed by atoms with Gasteiger partial charge in [-0.25, -0.2) is 9.07 Å². The van der Waals surface area contributed by atoms with E-state index >= 15 is 0 Å². The second kappa shape index (κ2) is 12.6. The number of nitrogens with one attached hydrogen (secondary N) is 2. The van der Waals surface area contributed by atoms with Gasteiger partial charge in [0.25, 0.3) is 0 Å². The van der Waals surface area contributed by atoms with Crippen LogP contribution in [-0.4, -0.2) is 43.5 Å². The van der Waals surface area contributed by atoms with Crippen LogP contribution in [0.4, 0.5) is 21.5 Å². The van der Waals surface area contributed by atoms with E-state index < -0.39 is 5.82 Å². The average Bonchev–Trinajstić information content (AvgIpc) is 3.52. The Morgan fingerprint density at radius 3 is 2.49 bits per heavy atom. The molecule has 2 aromatic heterocycles. The Balaban J connectivity index is 1.36. The van der Waals surface area contributed by atoms with Crippen molar-refractivity contribution in [2.45, 2.75) is 51.2 Å². The molecule has 0 amide bonds. The van der Waals surface area contributed by atoms with Crippen LogP contribution in [-0.2, 0) is 0 Å². The van der Waals surface area contributed by atoms with Crippen molar-refractivity contribution in [2.24, 2.45) is 0 Å². The molecule has 5 aromatic rings. The fourth-order valence-corrected chi connectivity index (χ4v) is 6.25. The Hall–Kier alpha value is -4.23. The lowest BCUT2D eigenvalue weighted by molar-refractivity contribution is 0.0866. The Labute approximate surface area is 271 Å². The van der Waals surface area contributed by atoms with Gasteiger partial charge in [0.2, 0.25) is 0 Å². The molecule has 0 unspecified atom stereocenters. The van der Waals surface area contributed by atoms with Crippen LogP contribution in [0.5, 0.6) is 0 Å². The van der Waals surface area contributed by atoms with E-state index in [0.29, 0.717) is 38.6 Å². The predicted molar refractivity (Wildman–Crippen MR) is 178 cm³/mol. The van der Waals surface area contributed by atoms with Gasteiger partial charge in [0.05, 0.1) is 45.8 Å². The number of nitrogens with zero attached hydrogens (tertiary/aromatic N) is 6. The summed E-state index contributed by atoms with van der Waals surface area (Å²) in [5.41, 5.74) is 4.46. The molecule has 3 heterocycles. The largest absolute Gasteiger partial charge is 0.371 e. The first-order valence-electron chi connectivity index (χ1n) is 14.8. The van der Waals surface area contributed by atoms with Crippen molar-refractivity contribution >= 4 is 51.2 Å². The summed E-state index contributed by atoms with van der Waals surface area (Å²) in [6.07, 6.45) is 5.54. The van der Waals surface area contributed by atoms with E-state index in [2.05, 4.69) is 57.7 Å². The summed E-state index contributed by atoms with van der Waals surface area (Å²) in [4.78, 5) is 7.17. The van der Waals surface area contributed by atoms with E-state index in [1.165, 1.54) is 18.3 Å². The lowest BCUT2D eigenvalue weighted by Gasteiger charge is -2.40. The third kappa shape index (κ3) is 6.59. The van der Waals surface area contributed by atoms with Gasteiger partial charge in [0.15, 0.2) is 0 Å². The molecule has 0 spiro atoms. The fraction of sp³-hybridized carbons (Fsp3) is 0.294. The molecule has 2 N–H and O–H groups in total. The maximum atomic E-state index is 13.8. The molecule has 0 radical (unpaired) electrons. The lowest BCUT2D eigenvalue weighted by atomic mass is 9.98. The van der Waals surface area contributed by atoms with Gasteiger partial charge in [-0.1, -0.05) is 58.7 Å². The molecule has 1 aliphatic heterocycles. The van der Waals surface area contributed by atoms with Crippen molar-refractivity contribution in [1.29, 1.82) is 5.26 Å². The number of nitriles is 1. The van der Waals surface area contributed by atoms with Crippen molar-refractivity contribution in [3.05, 3.63) is 106 Å². The first-order chi connectivity index (χ1) is 21.6. The molecule has 230 valence electrons. The van der Waals surface area contributed by atoms with Gasteiger partial charge in [-0.2, -0.15) is 5.26 Å². The topological polar surface area (TPSA) is 94.7 Å². The standard InChI is InChI=1S/C34H33Cl2FN8/c1-34(2,3)44-13-11-25(12-14-44)45-20-30(42-43-45)32(21-7-5-4-6-8-21)41-29-16-23(35)15-26-31(22(18-38)19-39-33(26)29)40-24-9-10-28(37)27(36)17-24/h4-10,15-17,19-20,25,32,41H,11-14H2,1-3H3,(H,39,40)/t32-/m0/s1. The maximum absolute atomic E-state index is 13.8. The molecule has 1 fully saturated rings. The summed E-state index contributed by atoms with van der Waals surface area (Å²) in [7, 11) is 0. The zero-order chi connectivity index (χ0) is 31.7. The minimum atomic E-state index is -0.531. The van der Waals surface area contributed by atoms with E-state index in [-0.39, 0.29) is 22.6 Å². The third-order valence-electron chi connectivity index (χ3n) is 8.29. The highest BCUT2D eigenvalue weighted by atomic mass is 35.5. The normalized spacial score (nSPS) is 15.1. The molecule has 0 bridgehead atoms. The average molecular weight is 644 g/mol. The SMILES string of the molecule is CC(C)(C)N1CCC(n2cc([C@@H](Nc3cc(Cl)cc4c(Nc5ccc(F)c(Cl)c5)c(C#N)cnc34)c3ccccc3)nn2)CC1. The Kier molecular flexibility index (Phi) is 8.65. The summed E-state index contributed by atoms with van der Waals surface area (Å²) in [5.74, 6) is -0.531. The molecule has 0 aliphatic carbocycles. The number of anilines is 3. The van der Waals surface area contributed by atoms with Crippen LogP contribution in [0.3, 0.4) is 0 Å². The van der Waals surface area contributed by atoms with Gasteiger partial charge in [-0.05, 0) is 69.5 Å². The number of piperidine rings is 1. The molecule has 8 nitrogen and oxygen atoms in total. The maximum Gasteiger partial charge on any atom is 0.141 e. The highest BCUT2D eigenvalue weighted by Gasteiger charge is 2.29. The zero-order valence-corrected chi connectivity index (χ0v) is 26.7. The van der Waals surface area contributed by atoms with E-state index in [1.807, 2.05) is 47.3 Å². The van der Waals surface area contributed by atoms with E-state index in [0.717, 1.165) is 37.2 Å². The summed E-state index contributed by atoms with van der Waals surface area (Å²) in [6, 6.07) is 20.0. The van der Waals surface area contributed by atoms with Crippen molar-refractivity contribution in [3.8, 4) is 6.07 Å². The van der Waals surface area contributed by atoms with Gasteiger partial charge in [0, 0.05) is 40.9 Å². The second-order valence-electron chi connectivity index (χ2n) is 12.3. The van der Waals surface area contributed by atoms with Crippen LogP contribution in [0.25, 0.3) is 10.9 Å². The minimum absolute atomic E-state index is 0.0317. The molecule has 0 saturated carbocycles. The molecular formula is C34H33Cl2FN8. The smallest absolute Gasteiger partial charge is 0.141 e. The van der Waals surface area contributed by atoms with E-state index in [9.17, 15) is 9.65 Å². The Morgan fingerprint density at radius 2 is 1.80 bits per heavy atom. The molecule has 45 heavy (non-hydrogen) atoms. The van der Waals surface area contributed by atoms with Crippen molar-refractivity contribution < 1.29 is 4.39 Å². The summed E-state index contributed by atoms with van der Waals surface area (Å²) >= 11 is 12.7. The molecule has 11 heteroatoms. The number of fused-ring (bicyclic) bond motifs is 1. The first-order valence-corrected chi connectivity index (χ1v) is 15.6. The van der Waals surface area contributed by atoms with Gasteiger partial charge in [-0.3, -0.25) is 9.88 Å². The Morgan fingerprint density at radius 1 is 1.04 bits per heavy atom. The fourth-order valence-electron chi connectivity index (χ4n) is 5.85. The second-order valence-corrected chi connectivity index (χ2v) is 13.1. The molecule has 1 saturated heterocycles. The van der Waals surface area contributed by atoms with Crippen molar-refractivity contribution in [2.75, 3.05) is 23.7 Å². The van der Waals surface area contributed by atoms with Crippen LogP contribution >= 0.6 is 23.2 Å². The number of halogens is 3. The van der Waals surface area contributed by atoms with Crippen molar-refractivity contribution in [3.63, 3.8) is 0 Å². The lowest BCUT2D eigenvalue weighted by Crippen LogP contribution is -2.46. The van der Waals surface area contributed by atoms with Crippen LogP contribution in [0.1, 0.15) is 62.5 Å². The molecule has 3 aromatic carbocycles. The molecule has 6 rings (SSSR count). The van der Waals surface area contributed by atoms with Crippen LogP contribution in [0, 0.1) is 17.1 Å². The van der Waals surface area contributed by atoms with Crippen LogP contribution < -0.4 is 10.6 Å². The summed E-state index contributed by atoms with van der Waals surface area (Å²) in [6.45, 7) is 8.78. The number of hydrogen-bond donors (Lipinski definition) is 2. The molecule has 1 aliphatic rings. The number of rotatable bonds is 7. The van der Waals surface area contributed by atoms with Crippen LogP contribution in [0.2, 0.25) is 10.0 Å². The highest BCUT2D eigenvalue weighted by molar-refractivity contribution is 6.32. The molecular weight excluding hydrogens is 610 g/mol. The van der Waals surface area contributed by atoms with Gasteiger partial charge >= 0.3 is 0 Å². The predicted octanol–water partition coefficient (Wildman–Crippen LogP) is 8.52. The Bertz CT molecular complexity index is 1870. The number of benzene rings is 3. The first kappa shape index (κ1) is 30.8. The quantitative estimate of drug-likeness (QED) is 0.184. The van der Waals surface area contributed by atoms with Gasteiger partial charge in [0.1, 0.15) is 17.6 Å². The van der Waals surface area contributed by atoms with Crippen LogP contribution in [0.15, 0.2) is 73.1 Å².